The minimum Gasteiger partial charge on any atom is -0.385 e. The second-order valence-electron chi connectivity index (χ2n) is 5.67. The second kappa shape index (κ2) is 5.62. The van der Waals surface area contributed by atoms with E-state index in [1.165, 1.54) is 4.88 Å². The third-order valence-electron chi connectivity index (χ3n) is 4.06. The van der Waals surface area contributed by atoms with Crippen molar-refractivity contribution in [2.45, 2.75) is 31.8 Å². The van der Waals surface area contributed by atoms with Crippen LogP contribution in [-0.4, -0.2) is 17.6 Å². The molecule has 1 unspecified atom stereocenters. The Balaban J connectivity index is 1.78. The number of hydrogen-bond donors (Lipinski definition) is 1. The van der Waals surface area contributed by atoms with E-state index in [9.17, 15) is 9.90 Å². The summed E-state index contributed by atoms with van der Waals surface area (Å²) in [6.07, 6.45) is 1.87. The van der Waals surface area contributed by atoms with Crippen molar-refractivity contribution < 1.29 is 9.90 Å². The van der Waals surface area contributed by atoms with Crippen LogP contribution in [0.2, 0.25) is 0 Å². The molecule has 0 saturated carbocycles. The molecule has 0 bridgehead atoms. The normalized spacial score (nSPS) is 21.1. The van der Waals surface area contributed by atoms with E-state index in [2.05, 4.69) is 6.07 Å². The lowest BCUT2D eigenvalue weighted by Crippen LogP contribution is -2.42. The zero-order valence-electron chi connectivity index (χ0n) is 12.1. The first-order valence-corrected chi connectivity index (χ1v) is 8.10. The Morgan fingerprint density at radius 3 is 2.90 bits per heavy atom. The molecule has 0 saturated heterocycles. The van der Waals surface area contributed by atoms with Gasteiger partial charge in [-0.25, -0.2) is 0 Å². The molecule has 1 aromatic carbocycles. The highest BCUT2D eigenvalue weighted by Crippen LogP contribution is 2.38. The van der Waals surface area contributed by atoms with E-state index < -0.39 is 5.60 Å². The Hall–Kier alpha value is -1.65. The number of thiophene rings is 1. The Labute approximate surface area is 128 Å². The Morgan fingerprint density at radius 1 is 1.33 bits per heavy atom. The predicted octanol–water partition coefficient (Wildman–Crippen LogP) is 3.33. The van der Waals surface area contributed by atoms with E-state index in [4.69, 9.17) is 0 Å². The predicted molar refractivity (Wildman–Crippen MR) is 85.6 cm³/mol. The minimum atomic E-state index is -0.846. The molecule has 3 rings (SSSR count). The van der Waals surface area contributed by atoms with Crippen molar-refractivity contribution in [3.05, 3.63) is 52.2 Å². The number of hydrogen-bond acceptors (Lipinski definition) is 3. The summed E-state index contributed by atoms with van der Waals surface area (Å²) in [5, 5.41) is 12.5. The van der Waals surface area contributed by atoms with Crippen LogP contribution < -0.4 is 4.90 Å². The molecule has 1 aromatic heterocycles. The number of carbonyl (C=O) groups is 1. The van der Waals surface area contributed by atoms with Gasteiger partial charge in [-0.05, 0) is 37.3 Å². The average Bonchev–Trinajstić information content (AvgIpc) is 2.98. The fourth-order valence-corrected chi connectivity index (χ4v) is 3.54. The Morgan fingerprint density at radius 2 is 2.14 bits per heavy atom. The molecule has 4 heteroatoms. The highest BCUT2D eigenvalue weighted by atomic mass is 32.1. The maximum absolute atomic E-state index is 12.5. The van der Waals surface area contributed by atoms with E-state index in [1.54, 1.807) is 11.3 Å². The van der Waals surface area contributed by atoms with Crippen LogP contribution >= 0.6 is 11.3 Å². The van der Waals surface area contributed by atoms with Gasteiger partial charge in [0, 0.05) is 29.1 Å². The number of aliphatic hydroxyl groups is 1. The molecule has 0 spiro atoms. The van der Waals surface area contributed by atoms with Gasteiger partial charge in [0.25, 0.3) is 0 Å². The second-order valence-corrected chi connectivity index (χ2v) is 6.70. The Kier molecular flexibility index (Phi) is 3.83. The number of amides is 1. The van der Waals surface area contributed by atoms with Crippen LogP contribution in [0.15, 0.2) is 41.8 Å². The number of fused-ring (bicyclic) bond motifs is 1. The van der Waals surface area contributed by atoms with Gasteiger partial charge in [0.15, 0.2) is 0 Å². The maximum Gasteiger partial charge on any atom is 0.227 e. The van der Waals surface area contributed by atoms with Crippen molar-refractivity contribution in [2.75, 3.05) is 11.4 Å². The molecule has 1 atom stereocenters. The molecule has 110 valence electrons. The van der Waals surface area contributed by atoms with Gasteiger partial charge in [-0.3, -0.25) is 4.79 Å². The van der Waals surface area contributed by atoms with Gasteiger partial charge in [0.1, 0.15) is 0 Å². The average molecular weight is 301 g/mol. The quantitative estimate of drug-likeness (QED) is 0.944. The lowest BCUT2D eigenvalue weighted by molar-refractivity contribution is -0.119. The first kappa shape index (κ1) is 14.3. The van der Waals surface area contributed by atoms with E-state index in [-0.39, 0.29) is 5.91 Å². The van der Waals surface area contributed by atoms with Crippen LogP contribution in [0, 0.1) is 0 Å². The molecule has 1 aliphatic rings. The summed E-state index contributed by atoms with van der Waals surface area (Å²) in [6, 6.07) is 11.7. The number of aryl methyl sites for hydroxylation is 1. The first-order valence-electron chi connectivity index (χ1n) is 7.22. The summed E-state index contributed by atoms with van der Waals surface area (Å²) < 4.78 is 0. The number of nitrogens with zero attached hydrogens (tertiary/aromatic N) is 1. The van der Waals surface area contributed by atoms with Gasteiger partial charge >= 0.3 is 0 Å². The summed E-state index contributed by atoms with van der Waals surface area (Å²) in [4.78, 5) is 15.6. The number of carbonyl (C=O) groups excluding carboxylic acids is 1. The SMILES string of the molecule is CC1(O)CCN(C(=O)CCc2cccs2)c2ccccc21. The molecular weight excluding hydrogens is 282 g/mol. The molecular formula is C17H19NO2S. The molecule has 2 heterocycles. The molecule has 0 radical (unpaired) electrons. The summed E-state index contributed by atoms with van der Waals surface area (Å²) in [7, 11) is 0. The van der Waals surface area contributed by atoms with Crippen LogP contribution in [0.25, 0.3) is 0 Å². The van der Waals surface area contributed by atoms with E-state index in [1.807, 2.05) is 47.5 Å². The molecule has 1 amide bonds. The minimum absolute atomic E-state index is 0.131. The van der Waals surface area contributed by atoms with Crippen LogP contribution in [0.5, 0.6) is 0 Å². The highest BCUT2D eigenvalue weighted by Gasteiger charge is 2.34. The number of anilines is 1. The molecule has 21 heavy (non-hydrogen) atoms. The summed E-state index contributed by atoms with van der Waals surface area (Å²) in [5.41, 5.74) is 0.854. The molecule has 2 aromatic rings. The summed E-state index contributed by atoms with van der Waals surface area (Å²) in [5.74, 6) is 0.131. The van der Waals surface area contributed by atoms with Gasteiger partial charge in [0.2, 0.25) is 5.91 Å². The van der Waals surface area contributed by atoms with Crippen molar-refractivity contribution in [3.63, 3.8) is 0 Å². The van der Waals surface area contributed by atoms with Gasteiger partial charge in [0.05, 0.1) is 5.60 Å². The fourth-order valence-electron chi connectivity index (χ4n) is 2.83. The van der Waals surface area contributed by atoms with Crippen molar-refractivity contribution in [1.82, 2.24) is 0 Å². The lowest BCUT2D eigenvalue weighted by atomic mass is 9.87. The van der Waals surface area contributed by atoms with Crippen LogP contribution in [0.4, 0.5) is 5.69 Å². The number of benzene rings is 1. The van der Waals surface area contributed by atoms with Gasteiger partial charge in [-0.15, -0.1) is 11.3 Å². The first-order chi connectivity index (χ1) is 10.1. The van der Waals surface area contributed by atoms with E-state index in [0.717, 1.165) is 17.7 Å². The monoisotopic (exact) mass is 301 g/mol. The van der Waals surface area contributed by atoms with Crippen molar-refractivity contribution in [1.29, 1.82) is 0 Å². The molecule has 0 fully saturated rings. The van der Waals surface area contributed by atoms with Crippen LogP contribution in [0.1, 0.15) is 30.2 Å². The lowest BCUT2D eigenvalue weighted by Gasteiger charge is -2.38. The number of para-hydroxylation sites is 1. The Bertz CT molecular complexity index is 634. The third-order valence-corrected chi connectivity index (χ3v) is 5.00. The standard InChI is InChI=1S/C17H19NO2S/c1-17(20)10-11-18(15-7-3-2-6-14(15)17)16(19)9-8-13-5-4-12-21-13/h2-7,12,20H,8-11H2,1H3. The summed E-state index contributed by atoms with van der Waals surface area (Å²) in [6.45, 7) is 2.40. The van der Waals surface area contributed by atoms with Crippen molar-refractivity contribution >= 4 is 22.9 Å². The maximum atomic E-state index is 12.5. The molecule has 1 aliphatic heterocycles. The largest absolute Gasteiger partial charge is 0.385 e. The van der Waals surface area contributed by atoms with Crippen molar-refractivity contribution in [2.24, 2.45) is 0 Å². The zero-order chi connectivity index (χ0) is 14.9. The smallest absolute Gasteiger partial charge is 0.227 e. The zero-order valence-corrected chi connectivity index (χ0v) is 12.9. The topological polar surface area (TPSA) is 40.5 Å². The molecule has 3 nitrogen and oxygen atoms in total. The van der Waals surface area contributed by atoms with Gasteiger partial charge in [-0.1, -0.05) is 24.3 Å². The van der Waals surface area contributed by atoms with Crippen LogP contribution in [-0.2, 0) is 16.8 Å². The van der Waals surface area contributed by atoms with Crippen molar-refractivity contribution in [3.8, 4) is 0 Å². The van der Waals surface area contributed by atoms with Gasteiger partial charge < -0.3 is 10.0 Å². The van der Waals surface area contributed by atoms with Gasteiger partial charge in [-0.2, -0.15) is 0 Å². The fraction of sp³-hybridized carbons (Fsp3) is 0.353. The molecule has 1 N–H and O–H groups in total. The van der Waals surface area contributed by atoms with E-state index >= 15 is 0 Å². The number of rotatable bonds is 3. The third kappa shape index (κ3) is 2.87. The highest BCUT2D eigenvalue weighted by molar-refractivity contribution is 7.09. The summed E-state index contributed by atoms with van der Waals surface area (Å²) >= 11 is 1.69. The van der Waals surface area contributed by atoms with E-state index in [0.29, 0.717) is 19.4 Å². The van der Waals surface area contributed by atoms with Crippen LogP contribution in [0.3, 0.4) is 0 Å². The molecule has 0 aliphatic carbocycles.